The van der Waals surface area contributed by atoms with Crippen LogP contribution in [-0.2, 0) is 4.79 Å². The summed E-state index contributed by atoms with van der Waals surface area (Å²) in [5.41, 5.74) is 0.668. The van der Waals surface area contributed by atoms with Gasteiger partial charge in [-0.25, -0.2) is 4.98 Å². The van der Waals surface area contributed by atoms with E-state index in [9.17, 15) is 14.7 Å². The van der Waals surface area contributed by atoms with Crippen molar-refractivity contribution in [2.75, 3.05) is 27.2 Å². The van der Waals surface area contributed by atoms with Gasteiger partial charge >= 0.3 is 0 Å². The molecule has 0 aliphatic carbocycles. The number of rotatable bonds is 7. The number of thiazole rings is 1. The van der Waals surface area contributed by atoms with Gasteiger partial charge in [-0.05, 0) is 31.1 Å². The van der Waals surface area contributed by atoms with Gasteiger partial charge in [0.25, 0.3) is 0 Å². The molecule has 0 fully saturated rings. The minimum atomic E-state index is -0.680. The Bertz CT molecular complexity index is 884. The van der Waals surface area contributed by atoms with Crippen LogP contribution in [0.15, 0.2) is 28.8 Å². The van der Waals surface area contributed by atoms with E-state index in [1.807, 2.05) is 38.5 Å². The van der Waals surface area contributed by atoms with E-state index in [0.29, 0.717) is 17.1 Å². The molecule has 1 unspecified atom stereocenters. The number of ketones is 1. The zero-order valence-corrected chi connectivity index (χ0v) is 17.5. The van der Waals surface area contributed by atoms with E-state index < -0.39 is 17.7 Å². The smallest absolute Gasteiger partial charge is 0.240 e. The molecule has 0 spiro atoms. The quantitative estimate of drug-likeness (QED) is 0.689. The highest BCUT2D eigenvalue weighted by Crippen LogP contribution is 2.40. The van der Waals surface area contributed by atoms with Crippen LogP contribution in [0.5, 0.6) is 0 Å². The number of aromatic nitrogens is 1. The third-order valence-corrected chi connectivity index (χ3v) is 6.52. The summed E-state index contributed by atoms with van der Waals surface area (Å²) in [7, 11) is 4.09. The van der Waals surface area contributed by atoms with Crippen LogP contribution < -0.4 is 10.0 Å². The molecule has 1 aliphatic rings. The lowest BCUT2D eigenvalue weighted by molar-refractivity contribution is -0.858. The number of nitrogens with zero attached hydrogens (tertiary/aromatic N) is 2. The van der Waals surface area contributed by atoms with E-state index in [-0.39, 0.29) is 11.4 Å². The molecule has 3 heterocycles. The second-order valence-electron chi connectivity index (χ2n) is 6.95. The van der Waals surface area contributed by atoms with Gasteiger partial charge < -0.3 is 14.9 Å². The van der Waals surface area contributed by atoms with Gasteiger partial charge in [0.15, 0.2) is 0 Å². The number of hydrogen-bond acceptors (Lipinski definition) is 6. The van der Waals surface area contributed by atoms with Crippen molar-refractivity contribution in [3.63, 3.8) is 0 Å². The first-order valence-electron chi connectivity index (χ1n) is 8.84. The van der Waals surface area contributed by atoms with Crippen molar-refractivity contribution in [2.24, 2.45) is 0 Å². The summed E-state index contributed by atoms with van der Waals surface area (Å²) < 4.78 is 0. The lowest BCUT2D eigenvalue weighted by Crippen LogP contribution is -3.05. The largest absolute Gasteiger partial charge is 0.868 e. The maximum Gasteiger partial charge on any atom is 0.240 e. The standard InChI is InChI=1S/C19H23N3O3S2/c1-11-18(27-12(2)20-11)16(23)14-15(13-7-5-10-26-13)22(19(25)17(14)24)9-6-8-21(3)4/h5,7,10,15,24H,6,8-9H2,1-4H3. The molecule has 6 nitrogen and oxygen atoms in total. The topological polar surface area (TPSA) is 77.8 Å². The molecule has 144 valence electrons. The first kappa shape index (κ1) is 19.7. The van der Waals surface area contributed by atoms with Gasteiger partial charge in [0, 0.05) is 23.4 Å². The van der Waals surface area contributed by atoms with Crippen LogP contribution >= 0.6 is 22.7 Å². The van der Waals surface area contributed by atoms with Gasteiger partial charge in [0.2, 0.25) is 11.7 Å². The molecule has 1 N–H and O–H groups in total. The van der Waals surface area contributed by atoms with Crippen molar-refractivity contribution in [1.29, 1.82) is 0 Å². The molecule has 3 rings (SSSR count). The highest BCUT2D eigenvalue weighted by Gasteiger charge is 2.40. The van der Waals surface area contributed by atoms with Crippen molar-refractivity contribution in [3.05, 3.63) is 49.3 Å². The van der Waals surface area contributed by atoms with Crippen molar-refractivity contribution in [3.8, 4) is 0 Å². The number of aryl methyl sites for hydroxylation is 2. The number of thiophene rings is 1. The average molecular weight is 406 g/mol. The summed E-state index contributed by atoms with van der Waals surface area (Å²) in [5, 5.41) is 15.5. The lowest BCUT2D eigenvalue weighted by atomic mass is 10.00. The second-order valence-corrected chi connectivity index (χ2v) is 9.13. The molecule has 1 atom stereocenters. The minimum Gasteiger partial charge on any atom is -0.868 e. The first-order chi connectivity index (χ1) is 12.8. The summed E-state index contributed by atoms with van der Waals surface area (Å²) >= 11 is 2.73. The zero-order valence-electron chi connectivity index (χ0n) is 15.9. The van der Waals surface area contributed by atoms with Crippen LogP contribution in [0.25, 0.3) is 0 Å². The molecular formula is C19H23N3O3S2. The summed E-state index contributed by atoms with van der Waals surface area (Å²) in [6, 6.07) is 3.15. The summed E-state index contributed by atoms with van der Waals surface area (Å²) in [4.78, 5) is 34.3. The van der Waals surface area contributed by atoms with Crippen molar-refractivity contribution < 1.29 is 19.6 Å². The van der Waals surface area contributed by atoms with E-state index in [1.54, 1.807) is 11.8 Å². The Morgan fingerprint density at radius 3 is 2.67 bits per heavy atom. The van der Waals surface area contributed by atoms with E-state index in [1.165, 1.54) is 27.6 Å². The van der Waals surface area contributed by atoms with Crippen LogP contribution in [-0.4, -0.2) is 48.8 Å². The third-order valence-electron chi connectivity index (χ3n) is 4.53. The number of quaternary nitrogens is 1. The van der Waals surface area contributed by atoms with Gasteiger partial charge in [-0.3, -0.25) is 9.59 Å². The fourth-order valence-electron chi connectivity index (χ4n) is 3.31. The minimum absolute atomic E-state index is 0.0615. The van der Waals surface area contributed by atoms with Crippen LogP contribution in [0.1, 0.15) is 37.7 Å². The molecule has 0 aromatic carbocycles. The lowest BCUT2D eigenvalue weighted by Gasteiger charge is -2.26. The molecule has 0 bridgehead atoms. The summed E-state index contributed by atoms with van der Waals surface area (Å²) in [6.45, 7) is 4.92. The molecule has 1 aliphatic heterocycles. The van der Waals surface area contributed by atoms with Gasteiger partial charge in [-0.15, -0.1) is 22.7 Å². The maximum absolute atomic E-state index is 13.2. The molecule has 0 saturated carbocycles. The van der Waals surface area contributed by atoms with Gasteiger partial charge in [0.05, 0.1) is 42.3 Å². The third kappa shape index (κ3) is 3.83. The Kier molecular flexibility index (Phi) is 5.78. The predicted molar refractivity (Wildman–Crippen MR) is 104 cm³/mol. The molecule has 0 saturated heterocycles. The Balaban J connectivity index is 1.98. The van der Waals surface area contributed by atoms with Gasteiger partial charge in [-0.2, -0.15) is 0 Å². The SMILES string of the molecule is Cc1nc(C)c(C(=O)C2=C([O-])C(=O)N(CCC[NH+](C)C)C2c2cccs2)s1. The highest BCUT2D eigenvalue weighted by atomic mass is 32.1. The number of carbonyl (C=O) groups is 2. The monoisotopic (exact) mass is 405 g/mol. The average Bonchev–Trinajstić information content (AvgIpc) is 3.29. The Morgan fingerprint density at radius 2 is 2.11 bits per heavy atom. The van der Waals surface area contributed by atoms with Crippen LogP contribution in [0.3, 0.4) is 0 Å². The van der Waals surface area contributed by atoms with Crippen molar-refractivity contribution in [1.82, 2.24) is 9.88 Å². The number of carbonyl (C=O) groups excluding carboxylic acids is 2. The Morgan fingerprint density at radius 1 is 1.37 bits per heavy atom. The first-order valence-corrected chi connectivity index (χ1v) is 10.5. The van der Waals surface area contributed by atoms with Crippen molar-refractivity contribution in [2.45, 2.75) is 26.3 Å². The Hall–Kier alpha value is -2.03. The zero-order chi connectivity index (χ0) is 19.7. The van der Waals surface area contributed by atoms with E-state index >= 15 is 0 Å². The molecule has 1 amide bonds. The molecule has 0 radical (unpaired) electrons. The number of Topliss-reactive ketones (excluding diaryl/α,β-unsaturated/α-hetero) is 1. The van der Waals surface area contributed by atoms with Crippen LogP contribution in [0, 0.1) is 13.8 Å². The fourth-order valence-corrected chi connectivity index (χ4v) is 5.03. The van der Waals surface area contributed by atoms with E-state index in [0.717, 1.165) is 22.9 Å². The Labute approximate surface area is 166 Å². The molecule has 2 aromatic rings. The van der Waals surface area contributed by atoms with Crippen LogP contribution in [0.2, 0.25) is 0 Å². The molecule has 2 aromatic heterocycles. The predicted octanol–water partition coefficient (Wildman–Crippen LogP) is 0.737. The van der Waals surface area contributed by atoms with Gasteiger partial charge in [-0.1, -0.05) is 6.07 Å². The normalized spacial score (nSPS) is 17.4. The highest BCUT2D eigenvalue weighted by molar-refractivity contribution is 7.14. The number of hydrogen-bond donors (Lipinski definition) is 1. The summed E-state index contributed by atoms with van der Waals surface area (Å²) in [5.74, 6) is -1.62. The van der Waals surface area contributed by atoms with Gasteiger partial charge in [0.1, 0.15) is 0 Å². The fraction of sp³-hybridized carbons (Fsp3) is 0.421. The maximum atomic E-state index is 13.2. The number of amides is 1. The van der Waals surface area contributed by atoms with Crippen LogP contribution in [0.4, 0.5) is 0 Å². The van der Waals surface area contributed by atoms with E-state index in [4.69, 9.17) is 0 Å². The molecule has 27 heavy (non-hydrogen) atoms. The van der Waals surface area contributed by atoms with E-state index in [2.05, 4.69) is 4.98 Å². The summed E-state index contributed by atoms with van der Waals surface area (Å²) in [6.07, 6.45) is 0.767. The number of nitrogens with one attached hydrogen (secondary N) is 1. The molecular weight excluding hydrogens is 382 g/mol. The molecule has 8 heteroatoms. The van der Waals surface area contributed by atoms with Crippen molar-refractivity contribution >= 4 is 34.4 Å². The second kappa shape index (κ2) is 7.92.